The van der Waals surface area contributed by atoms with Crippen LogP contribution in [-0.2, 0) is 17.4 Å². The maximum Gasteiger partial charge on any atom is 0.417 e. The normalized spacial score (nSPS) is 12.8. The van der Waals surface area contributed by atoms with Crippen molar-refractivity contribution in [1.29, 1.82) is 0 Å². The fraction of sp³-hybridized carbons (Fsp3) is 0.357. The Morgan fingerprint density at radius 2 is 1.95 bits per heavy atom. The molecule has 2 rings (SSSR count). The number of aliphatic carboxylic acids is 1. The van der Waals surface area contributed by atoms with Gasteiger partial charge >= 0.3 is 12.1 Å². The van der Waals surface area contributed by atoms with Crippen LogP contribution in [-0.4, -0.2) is 11.1 Å². The first-order chi connectivity index (χ1) is 9.11. The molecule has 0 amide bonds. The highest BCUT2D eigenvalue weighted by molar-refractivity contribution is 7.19. The number of hydrogen-bond donors (Lipinski definition) is 1. The van der Waals surface area contributed by atoms with E-state index in [1.807, 2.05) is 0 Å². The molecule has 0 aliphatic rings. The van der Waals surface area contributed by atoms with E-state index < -0.39 is 23.1 Å². The van der Waals surface area contributed by atoms with Gasteiger partial charge in [-0.2, -0.15) is 13.2 Å². The number of rotatable bonds is 3. The van der Waals surface area contributed by atoms with Crippen LogP contribution in [0.15, 0.2) is 24.3 Å². The molecule has 1 heterocycles. The molecule has 0 saturated carbocycles. The highest BCUT2D eigenvalue weighted by Crippen LogP contribution is 2.39. The number of carboxylic acid groups (broad SMARTS) is 1. The third-order valence-corrected chi connectivity index (χ3v) is 4.21. The monoisotopic (exact) mass is 302 g/mol. The molecule has 1 N–H and O–H groups in total. The molecule has 1 aromatic carbocycles. The Labute approximate surface area is 117 Å². The van der Waals surface area contributed by atoms with Gasteiger partial charge in [0.1, 0.15) is 0 Å². The average Bonchev–Trinajstić information content (AvgIpc) is 2.67. The Balaban J connectivity index is 2.47. The topological polar surface area (TPSA) is 37.3 Å². The van der Waals surface area contributed by atoms with Gasteiger partial charge in [-0.3, -0.25) is 4.79 Å². The Hall–Kier alpha value is -1.56. The molecule has 6 heteroatoms. The number of alkyl halides is 3. The first kappa shape index (κ1) is 14.8. The second-order valence-corrected chi connectivity index (χ2v) is 6.46. The van der Waals surface area contributed by atoms with Gasteiger partial charge in [-0.05, 0) is 38.5 Å². The van der Waals surface area contributed by atoms with E-state index in [1.165, 1.54) is 23.5 Å². The fourth-order valence-corrected chi connectivity index (χ4v) is 3.28. The van der Waals surface area contributed by atoms with Crippen molar-refractivity contribution >= 4 is 27.4 Å². The number of carboxylic acids is 1. The van der Waals surface area contributed by atoms with Crippen molar-refractivity contribution in [2.24, 2.45) is 5.41 Å². The van der Waals surface area contributed by atoms with Crippen LogP contribution in [0.2, 0.25) is 0 Å². The van der Waals surface area contributed by atoms with Crippen LogP contribution in [0.4, 0.5) is 13.2 Å². The predicted molar refractivity (Wildman–Crippen MR) is 71.9 cm³/mol. The summed E-state index contributed by atoms with van der Waals surface area (Å²) in [5.41, 5.74) is -1.68. The molecule has 20 heavy (non-hydrogen) atoms. The zero-order chi connectivity index (χ0) is 15.1. The van der Waals surface area contributed by atoms with E-state index in [4.69, 9.17) is 5.11 Å². The molecule has 0 aliphatic heterocycles. The lowest BCUT2D eigenvalue weighted by Gasteiger charge is -2.17. The maximum absolute atomic E-state index is 12.9. The molecule has 0 saturated heterocycles. The molecule has 0 unspecified atom stereocenters. The highest BCUT2D eigenvalue weighted by atomic mass is 32.1. The quantitative estimate of drug-likeness (QED) is 0.901. The molecule has 1 aromatic heterocycles. The number of thiophene rings is 1. The summed E-state index contributed by atoms with van der Waals surface area (Å²) in [5, 5.41) is 9.23. The highest BCUT2D eigenvalue weighted by Gasteiger charge is 2.33. The van der Waals surface area contributed by atoms with Crippen LogP contribution >= 0.6 is 11.3 Å². The van der Waals surface area contributed by atoms with E-state index in [9.17, 15) is 18.0 Å². The van der Waals surface area contributed by atoms with Crippen LogP contribution in [0.25, 0.3) is 10.1 Å². The van der Waals surface area contributed by atoms with E-state index in [0.717, 1.165) is 6.07 Å². The summed E-state index contributed by atoms with van der Waals surface area (Å²) in [7, 11) is 0. The summed E-state index contributed by atoms with van der Waals surface area (Å²) < 4.78 is 39.2. The van der Waals surface area contributed by atoms with Gasteiger partial charge < -0.3 is 5.11 Å². The average molecular weight is 302 g/mol. The predicted octanol–water partition coefficient (Wildman–Crippen LogP) is 4.57. The Morgan fingerprint density at radius 3 is 2.50 bits per heavy atom. The van der Waals surface area contributed by atoms with Crippen molar-refractivity contribution in [3.05, 3.63) is 34.7 Å². The van der Waals surface area contributed by atoms with Crippen molar-refractivity contribution < 1.29 is 23.1 Å². The first-order valence-corrected chi connectivity index (χ1v) is 6.75. The number of hydrogen-bond acceptors (Lipinski definition) is 2. The Kier molecular flexibility index (Phi) is 3.54. The number of carbonyl (C=O) groups is 1. The minimum Gasteiger partial charge on any atom is -0.481 e. The van der Waals surface area contributed by atoms with E-state index in [2.05, 4.69) is 0 Å². The van der Waals surface area contributed by atoms with Crippen LogP contribution in [0.3, 0.4) is 0 Å². The molecule has 0 radical (unpaired) electrons. The standard InChI is InChI=1S/C14H13F3O2S/c1-13(2,12(18)19)7-8-6-9-10(14(15,16)17)4-3-5-11(9)20-8/h3-6H,7H2,1-2H3,(H,18,19). The third-order valence-electron chi connectivity index (χ3n) is 3.11. The van der Waals surface area contributed by atoms with Gasteiger partial charge in [-0.15, -0.1) is 11.3 Å². The molecule has 2 nitrogen and oxygen atoms in total. The third kappa shape index (κ3) is 2.80. The molecular formula is C14H13F3O2S. The second-order valence-electron chi connectivity index (χ2n) is 5.29. The van der Waals surface area contributed by atoms with E-state index in [-0.39, 0.29) is 11.8 Å². The molecule has 0 fully saturated rings. The zero-order valence-corrected chi connectivity index (χ0v) is 11.7. The Morgan fingerprint density at radius 1 is 1.30 bits per heavy atom. The molecule has 108 valence electrons. The van der Waals surface area contributed by atoms with Crippen molar-refractivity contribution in [1.82, 2.24) is 0 Å². The largest absolute Gasteiger partial charge is 0.481 e. The van der Waals surface area contributed by atoms with Gasteiger partial charge in [0, 0.05) is 15.0 Å². The van der Waals surface area contributed by atoms with Crippen LogP contribution < -0.4 is 0 Å². The summed E-state index contributed by atoms with van der Waals surface area (Å²) in [6, 6.07) is 5.48. The van der Waals surface area contributed by atoms with Gasteiger partial charge in [0.25, 0.3) is 0 Å². The van der Waals surface area contributed by atoms with Gasteiger partial charge in [-0.1, -0.05) is 6.07 Å². The lowest BCUT2D eigenvalue weighted by atomic mass is 9.89. The number of benzene rings is 1. The summed E-state index contributed by atoms with van der Waals surface area (Å²) in [4.78, 5) is 11.7. The molecular weight excluding hydrogens is 289 g/mol. The SMILES string of the molecule is CC(C)(Cc1cc2c(C(F)(F)F)cccc2s1)C(=O)O. The van der Waals surface area contributed by atoms with Gasteiger partial charge in [0.15, 0.2) is 0 Å². The van der Waals surface area contributed by atoms with Gasteiger partial charge in [0.05, 0.1) is 11.0 Å². The molecule has 2 aromatic rings. The van der Waals surface area contributed by atoms with Crippen LogP contribution in [0.5, 0.6) is 0 Å². The summed E-state index contributed by atoms with van der Waals surface area (Å²) >= 11 is 1.21. The molecule has 0 aliphatic carbocycles. The fourth-order valence-electron chi connectivity index (χ4n) is 1.96. The minimum absolute atomic E-state index is 0.140. The van der Waals surface area contributed by atoms with Gasteiger partial charge in [0.2, 0.25) is 0 Å². The smallest absolute Gasteiger partial charge is 0.417 e. The van der Waals surface area contributed by atoms with Gasteiger partial charge in [-0.25, -0.2) is 0 Å². The van der Waals surface area contributed by atoms with E-state index in [0.29, 0.717) is 9.58 Å². The summed E-state index contributed by atoms with van der Waals surface area (Å²) in [6.45, 7) is 3.12. The maximum atomic E-state index is 12.9. The Bertz CT molecular complexity index is 656. The van der Waals surface area contributed by atoms with Crippen LogP contribution in [0.1, 0.15) is 24.3 Å². The minimum atomic E-state index is -4.40. The lowest BCUT2D eigenvalue weighted by molar-refractivity contribution is -0.146. The number of fused-ring (bicyclic) bond motifs is 1. The number of halogens is 3. The summed E-state index contributed by atoms with van der Waals surface area (Å²) in [6.07, 6.45) is -4.20. The van der Waals surface area contributed by atoms with E-state index >= 15 is 0 Å². The first-order valence-electron chi connectivity index (χ1n) is 5.93. The van der Waals surface area contributed by atoms with Crippen molar-refractivity contribution in [3.63, 3.8) is 0 Å². The molecule has 0 atom stereocenters. The van der Waals surface area contributed by atoms with Crippen molar-refractivity contribution in [2.45, 2.75) is 26.4 Å². The van der Waals surface area contributed by atoms with Crippen LogP contribution in [0, 0.1) is 5.41 Å². The molecule has 0 spiro atoms. The lowest BCUT2D eigenvalue weighted by Crippen LogP contribution is -2.25. The zero-order valence-electron chi connectivity index (χ0n) is 10.9. The van der Waals surface area contributed by atoms with Crippen molar-refractivity contribution in [2.75, 3.05) is 0 Å². The molecule has 0 bridgehead atoms. The summed E-state index contributed by atoms with van der Waals surface area (Å²) in [5.74, 6) is -0.967. The van der Waals surface area contributed by atoms with Crippen molar-refractivity contribution in [3.8, 4) is 0 Å². The van der Waals surface area contributed by atoms with E-state index in [1.54, 1.807) is 19.9 Å². The second kappa shape index (κ2) is 4.77.